The van der Waals surface area contributed by atoms with Crippen molar-refractivity contribution >= 4 is 0 Å². The lowest BCUT2D eigenvalue weighted by molar-refractivity contribution is 0.495. The van der Waals surface area contributed by atoms with Crippen LogP contribution in [0.5, 0.6) is 0 Å². The Morgan fingerprint density at radius 2 is 1.93 bits per heavy atom. The molecule has 0 heterocycles. The molecule has 1 rings (SSSR count). The Morgan fingerprint density at radius 1 is 1.29 bits per heavy atom. The normalized spacial score (nSPS) is 15.2. The average molecular weight is 195 g/mol. The SMILES string of the molecule is Cc1cc(F)cc(C(C)C(C)CN)c1. The average Bonchev–Trinajstić information content (AvgIpc) is 2.14. The van der Waals surface area contributed by atoms with Gasteiger partial charge in [0.15, 0.2) is 0 Å². The Morgan fingerprint density at radius 3 is 2.43 bits per heavy atom. The van der Waals surface area contributed by atoms with Crippen LogP contribution in [-0.4, -0.2) is 6.54 Å². The highest BCUT2D eigenvalue weighted by molar-refractivity contribution is 5.26. The number of nitrogens with two attached hydrogens (primary N) is 1. The fourth-order valence-electron chi connectivity index (χ4n) is 1.56. The molecular weight excluding hydrogens is 177 g/mol. The fraction of sp³-hybridized carbons (Fsp3) is 0.500. The molecule has 0 aliphatic heterocycles. The van der Waals surface area contributed by atoms with Crippen molar-refractivity contribution in [1.82, 2.24) is 0 Å². The maximum Gasteiger partial charge on any atom is 0.123 e. The zero-order valence-corrected chi connectivity index (χ0v) is 9.05. The van der Waals surface area contributed by atoms with Gasteiger partial charge in [-0.2, -0.15) is 0 Å². The highest BCUT2D eigenvalue weighted by Crippen LogP contribution is 2.24. The van der Waals surface area contributed by atoms with E-state index in [9.17, 15) is 4.39 Å². The second-order valence-electron chi connectivity index (χ2n) is 4.06. The summed E-state index contributed by atoms with van der Waals surface area (Å²) in [7, 11) is 0. The van der Waals surface area contributed by atoms with Gasteiger partial charge < -0.3 is 5.73 Å². The molecule has 2 heteroatoms. The highest BCUT2D eigenvalue weighted by atomic mass is 19.1. The first-order chi connectivity index (χ1) is 6.54. The van der Waals surface area contributed by atoms with Crippen molar-refractivity contribution in [2.75, 3.05) is 6.54 Å². The summed E-state index contributed by atoms with van der Waals surface area (Å²) in [5.74, 6) is 0.543. The largest absolute Gasteiger partial charge is 0.330 e. The Kier molecular flexibility index (Phi) is 3.64. The number of rotatable bonds is 3. The molecule has 14 heavy (non-hydrogen) atoms. The summed E-state index contributed by atoms with van der Waals surface area (Å²) >= 11 is 0. The number of benzene rings is 1. The van der Waals surface area contributed by atoms with Gasteiger partial charge in [0.1, 0.15) is 5.82 Å². The lowest BCUT2D eigenvalue weighted by atomic mass is 9.88. The van der Waals surface area contributed by atoms with E-state index in [1.165, 1.54) is 0 Å². The predicted molar refractivity (Wildman–Crippen MR) is 57.8 cm³/mol. The van der Waals surface area contributed by atoms with Crippen LogP contribution >= 0.6 is 0 Å². The Balaban J connectivity index is 2.94. The van der Waals surface area contributed by atoms with E-state index in [4.69, 9.17) is 5.73 Å². The van der Waals surface area contributed by atoms with Crippen molar-refractivity contribution in [1.29, 1.82) is 0 Å². The summed E-state index contributed by atoms with van der Waals surface area (Å²) in [5, 5.41) is 0. The van der Waals surface area contributed by atoms with Gasteiger partial charge in [-0.25, -0.2) is 4.39 Å². The summed E-state index contributed by atoms with van der Waals surface area (Å²) in [6, 6.07) is 5.17. The van der Waals surface area contributed by atoms with E-state index >= 15 is 0 Å². The lowest BCUT2D eigenvalue weighted by Crippen LogP contribution is -2.17. The van der Waals surface area contributed by atoms with Crippen molar-refractivity contribution in [3.8, 4) is 0 Å². The van der Waals surface area contributed by atoms with Crippen LogP contribution in [0, 0.1) is 18.7 Å². The minimum atomic E-state index is -0.156. The summed E-state index contributed by atoms with van der Waals surface area (Å²) in [5.41, 5.74) is 7.60. The topological polar surface area (TPSA) is 26.0 Å². The molecule has 0 spiro atoms. The van der Waals surface area contributed by atoms with E-state index in [1.54, 1.807) is 12.1 Å². The third-order valence-corrected chi connectivity index (χ3v) is 2.82. The number of aryl methyl sites for hydroxylation is 1. The Labute approximate surface area is 85.1 Å². The molecule has 1 aromatic rings. The van der Waals surface area contributed by atoms with Crippen molar-refractivity contribution in [2.24, 2.45) is 11.7 Å². The molecule has 2 unspecified atom stereocenters. The molecule has 0 saturated carbocycles. The van der Waals surface area contributed by atoms with Gasteiger partial charge in [0.25, 0.3) is 0 Å². The summed E-state index contributed by atoms with van der Waals surface area (Å²) in [4.78, 5) is 0. The molecule has 1 nitrogen and oxygen atoms in total. The molecule has 0 radical (unpaired) electrons. The summed E-state index contributed by atoms with van der Waals surface area (Å²) in [6.07, 6.45) is 0. The van der Waals surface area contributed by atoms with E-state index in [-0.39, 0.29) is 5.82 Å². The van der Waals surface area contributed by atoms with Crippen molar-refractivity contribution in [2.45, 2.75) is 26.7 Å². The zero-order chi connectivity index (χ0) is 10.7. The number of hydrogen-bond acceptors (Lipinski definition) is 1. The predicted octanol–water partition coefficient (Wildman–Crippen LogP) is 2.83. The van der Waals surface area contributed by atoms with Gasteiger partial charge in [0.2, 0.25) is 0 Å². The second-order valence-corrected chi connectivity index (χ2v) is 4.06. The van der Waals surface area contributed by atoms with Crippen LogP contribution in [0.4, 0.5) is 4.39 Å². The van der Waals surface area contributed by atoms with Crippen molar-refractivity contribution in [3.63, 3.8) is 0 Å². The lowest BCUT2D eigenvalue weighted by Gasteiger charge is -2.19. The Hall–Kier alpha value is -0.890. The minimum Gasteiger partial charge on any atom is -0.330 e. The molecular formula is C12H18FN. The fourth-order valence-corrected chi connectivity index (χ4v) is 1.56. The standard InChI is InChI=1S/C12H18FN/c1-8-4-11(6-12(13)5-8)10(3)9(2)7-14/h4-6,9-10H,7,14H2,1-3H3. The highest BCUT2D eigenvalue weighted by Gasteiger charge is 2.13. The molecule has 0 fully saturated rings. The zero-order valence-electron chi connectivity index (χ0n) is 9.05. The summed E-state index contributed by atoms with van der Waals surface area (Å²) in [6.45, 7) is 6.72. The van der Waals surface area contributed by atoms with Crippen LogP contribution in [0.3, 0.4) is 0 Å². The smallest absolute Gasteiger partial charge is 0.123 e. The van der Waals surface area contributed by atoms with E-state index in [0.717, 1.165) is 11.1 Å². The molecule has 2 N–H and O–H groups in total. The molecule has 78 valence electrons. The van der Waals surface area contributed by atoms with Gasteiger partial charge in [0, 0.05) is 0 Å². The quantitative estimate of drug-likeness (QED) is 0.788. The Bertz CT molecular complexity index is 289. The second kappa shape index (κ2) is 4.56. The monoisotopic (exact) mass is 195 g/mol. The summed E-state index contributed by atoms with van der Waals surface area (Å²) < 4.78 is 13.1. The van der Waals surface area contributed by atoms with Gasteiger partial charge >= 0.3 is 0 Å². The molecule has 0 bridgehead atoms. The first kappa shape index (κ1) is 11.2. The van der Waals surface area contributed by atoms with Gasteiger partial charge in [0.05, 0.1) is 0 Å². The van der Waals surface area contributed by atoms with Crippen LogP contribution in [-0.2, 0) is 0 Å². The van der Waals surface area contributed by atoms with E-state index in [2.05, 4.69) is 13.8 Å². The van der Waals surface area contributed by atoms with E-state index in [1.807, 2.05) is 13.0 Å². The molecule has 0 saturated heterocycles. The van der Waals surface area contributed by atoms with Crippen molar-refractivity contribution in [3.05, 3.63) is 35.1 Å². The number of halogens is 1. The third-order valence-electron chi connectivity index (χ3n) is 2.82. The van der Waals surface area contributed by atoms with Crippen LogP contribution in [0.1, 0.15) is 30.9 Å². The first-order valence-corrected chi connectivity index (χ1v) is 5.01. The van der Waals surface area contributed by atoms with E-state index in [0.29, 0.717) is 18.4 Å². The maximum atomic E-state index is 13.1. The molecule has 0 aromatic heterocycles. The van der Waals surface area contributed by atoms with Gasteiger partial charge in [-0.15, -0.1) is 0 Å². The molecule has 0 aliphatic carbocycles. The first-order valence-electron chi connectivity index (χ1n) is 5.01. The molecule has 2 atom stereocenters. The number of hydrogen-bond donors (Lipinski definition) is 1. The minimum absolute atomic E-state index is 0.156. The van der Waals surface area contributed by atoms with Crippen molar-refractivity contribution < 1.29 is 4.39 Å². The van der Waals surface area contributed by atoms with Crippen LogP contribution in [0.25, 0.3) is 0 Å². The van der Waals surface area contributed by atoms with E-state index < -0.39 is 0 Å². The van der Waals surface area contributed by atoms with Crippen LogP contribution < -0.4 is 5.73 Å². The van der Waals surface area contributed by atoms with Gasteiger partial charge in [-0.1, -0.05) is 19.9 Å². The molecule has 1 aromatic carbocycles. The van der Waals surface area contributed by atoms with Gasteiger partial charge in [-0.05, 0) is 48.6 Å². The van der Waals surface area contributed by atoms with Crippen LogP contribution in [0.15, 0.2) is 18.2 Å². The third kappa shape index (κ3) is 2.55. The molecule has 0 aliphatic rings. The van der Waals surface area contributed by atoms with Gasteiger partial charge in [-0.3, -0.25) is 0 Å². The maximum absolute atomic E-state index is 13.1. The van der Waals surface area contributed by atoms with Crippen LogP contribution in [0.2, 0.25) is 0 Å². The molecule has 0 amide bonds.